The molecule has 9 heteroatoms. The van der Waals surface area contributed by atoms with Crippen LogP contribution in [-0.4, -0.2) is 41.9 Å². The van der Waals surface area contributed by atoms with Crippen LogP contribution in [0.4, 0.5) is 14.6 Å². The fraction of sp³-hybridized carbons (Fsp3) is 0.350. The SMILES string of the molecule is Cc1cc(S(=O)(=O)N2CCC(F)(F)CC2)ccc1Cc1ccc2[nH]nc(N)c2c1. The van der Waals surface area contributed by atoms with E-state index in [2.05, 4.69) is 10.2 Å². The molecular weight excluding hydrogens is 398 g/mol. The molecule has 1 saturated heterocycles. The number of piperidine rings is 1. The number of anilines is 1. The van der Waals surface area contributed by atoms with Crippen LogP contribution in [0.1, 0.15) is 29.5 Å². The van der Waals surface area contributed by atoms with Crippen LogP contribution < -0.4 is 5.73 Å². The van der Waals surface area contributed by atoms with Crippen LogP contribution in [0.25, 0.3) is 10.9 Å². The number of sulfonamides is 1. The van der Waals surface area contributed by atoms with Crippen molar-refractivity contribution in [3.63, 3.8) is 0 Å². The third-order valence-electron chi connectivity index (χ3n) is 5.46. The molecule has 4 rings (SSSR count). The van der Waals surface area contributed by atoms with Crippen LogP contribution in [0.15, 0.2) is 41.3 Å². The molecule has 1 aliphatic rings. The lowest BCUT2D eigenvalue weighted by atomic mass is 10.00. The number of hydrogen-bond acceptors (Lipinski definition) is 4. The molecule has 0 atom stereocenters. The highest BCUT2D eigenvalue weighted by molar-refractivity contribution is 7.89. The Hall–Kier alpha value is -2.52. The molecule has 0 unspecified atom stereocenters. The van der Waals surface area contributed by atoms with Gasteiger partial charge in [-0.05, 0) is 54.3 Å². The maximum absolute atomic E-state index is 13.4. The first-order valence-corrected chi connectivity index (χ1v) is 10.8. The van der Waals surface area contributed by atoms with Crippen LogP contribution in [-0.2, 0) is 16.4 Å². The predicted octanol–water partition coefficient (Wildman–Crippen LogP) is 3.46. The summed E-state index contributed by atoms with van der Waals surface area (Å²) in [6.07, 6.45) is -0.269. The Labute approximate surface area is 167 Å². The van der Waals surface area contributed by atoms with Gasteiger partial charge in [0.25, 0.3) is 5.92 Å². The summed E-state index contributed by atoms with van der Waals surface area (Å²) in [4.78, 5) is 0.137. The van der Waals surface area contributed by atoms with Gasteiger partial charge >= 0.3 is 0 Å². The Balaban J connectivity index is 1.56. The zero-order valence-electron chi connectivity index (χ0n) is 16.0. The molecular formula is C20H22F2N4O2S. The number of nitrogens with zero attached hydrogens (tertiary/aromatic N) is 2. The maximum Gasteiger partial charge on any atom is 0.250 e. The van der Waals surface area contributed by atoms with Crippen LogP contribution >= 0.6 is 0 Å². The number of aryl methyl sites for hydroxylation is 1. The van der Waals surface area contributed by atoms with E-state index in [1.54, 1.807) is 18.2 Å². The van der Waals surface area contributed by atoms with Gasteiger partial charge in [0.05, 0.1) is 10.4 Å². The fourth-order valence-corrected chi connectivity index (χ4v) is 5.17. The second-order valence-corrected chi connectivity index (χ2v) is 9.45. The summed E-state index contributed by atoms with van der Waals surface area (Å²) in [7, 11) is -3.78. The lowest BCUT2D eigenvalue weighted by Crippen LogP contribution is -2.42. The molecule has 0 saturated carbocycles. The number of alkyl halides is 2. The zero-order valence-corrected chi connectivity index (χ0v) is 16.8. The Bertz CT molecular complexity index is 1160. The van der Waals surface area contributed by atoms with Gasteiger partial charge in [-0.3, -0.25) is 5.10 Å². The lowest BCUT2D eigenvalue weighted by Gasteiger charge is -2.31. The van der Waals surface area contributed by atoms with Crippen molar-refractivity contribution in [2.24, 2.45) is 0 Å². The topological polar surface area (TPSA) is 92.1 Å². The summed E-state index contributed by atoms with van der Waals surface area (Å²) in [5.41, 5.74) is 9.56. The van der Waals surface area contributed by atoms with E-state index in [0.29, 0.717) is 12.2 Å². The minimum absolute atomic E-state index is 0.137. The number of nitrogens with two attached hydrogens (primary N) is 1. The van der Waals surface area contributed by atoms with E-state index in [4.69, 9.17) is 5.73 Å². The molecule has 2 heterocycles. The second kappa shape index (κ2) is 7.07. The van der Waals surface area contributed by atoms with Gasteiger partial charge in [-0.1, -0.05) is 12.1 Å². The third kappa shape index (κ3) is 3.84. The quantitative estimate of drug-likeness (QED) is 0.676. The first-order valence-electron chi connectivity index (χ1n) is 9.36. The van der Waals surface area contributed by atoms with Crippen molar-refractivity contribution in [3.05, 3.63) is 53.1 Å². The Morgan fingerprint density at radius 1 is 1.17 bits per heavy atom. The molecule has 2 aromatic carbocycles. The highest BCUT2D eigenvalue weighted by Crippen LogP contribution is 2.31. The van der Waals surface area contributed by atoms with E-state index in [1.165, 1.54) is 0 Å². The minimum Gasteiger partial charge on any atom is -0.382 e. The van der Waals surface area contributed by atoms with E-state index in [-0.39, 0.29) is 18.0 Å². The largest absolute Gasteiger partial charge is 0.382 e. The maximum atomic E-state index is 13.4. The van der Waals surface area contributed by atoms with E-state index >= 15 is 0 Å². The van der Waals surface area contributed by atoms with Crippen LogP contribution in [0, 0.1) is 6.92 Å². The fourth-order valence-electron chi connectivity index (χ4n) is 3.64. The molecule has 29 heavy (non-hydrogen) atoms. The van der Waals surface area contributed by atoms with Gasteiger partial charge in [0.15, 0.2) is 5.82 Å². The Morgan fingerprint density at radius 2 is 1.90 bits per heavy atom. The zero-order chi connectivity index (χ0) is 20.8. The molecule has 0 spiro atoms. The normalized spacial score (nSPS) is 17.6. The van der Waals surface area contributed by atoms with Crippen molar-refractivity contribution in [3.8, 4) is 0 Å². The van der Waals surface area contributed by atoms with Crippen LogP contribution in [0.2, 0.25) is 0 Å². The lowest BCUT2D eigenvalue weighted by molar-refractivity contribution is -0.0412. The summed E-state index contributed by atoms with van der Waals surface area (Å²) >= 11 is 0. The number of fused-ring (bicyclic) bond motifs is 1. The monoisotopic (exact) mass is 420 g/mol. The molecule has 3 N–H and O–H groups in total. The number of aromatic nitrogens is 2. The molecule has 154 valence electrons. The average Bonchev–Trinajstić information content (AvgIpc) is 3.03. The van der Waals surface area contributed by atoms with Crippen molar-refractivity contribution < 1.29 is 17.2 Å². The molecule has 1 fully saturated rings. The number of nitrogens with one attached hydrogen (secondary N) is 1. The molecule has 0 radical (unpaired) electrons. The van der Waals surface area contributed by atoms with Gasteiger partial charge in [-0.2, -0.15) is 9.40 Å². The standard InChI is InChI=1S/C20H22F2N4O2S/c1-13-10-16(29(27,28)26-8-6-20(21,22)7-9-26)4-3-15(13)11-14-2-5-18-17(12-14)19(23)25-24-18/h2-5,10,12H,6-9,11H2,1H3,(H3,23,24,25). The van der Waals surface area contributed by atoms with Crippen molar-refractivity contribution in [2.45, 2.75) is 37.0 Å². The van der Waals surface area contributed by atoms with Crippen molar-refractivity contribution >= 4 is 26.7 Å². The molecule has 1 aliphatic heterocycles. The number of aromatic amines is 1. The number of H-pyrrole nitrogens is 1. The van der Waals surface area contributed by atoms with Gasteiger partial charge in [-0.15, -0.1) is 0 Å². The smallest absolute Gasteiger partial charge is 0.250 e. The summed E-state index contributed by atoms with van der Waals surface area (Å²) in [5.74, 6) is -2.35. The molecule has 0 aliphatic carbocycles. The number of halogens is 2. The molecule has 3 aromatic rings. The average molecular weight is 420 g/mol. The third-order valence-corrected chi connectivity index (χ3v) is 7.35. The molecule has 6 nitrogen and oxygen atoms in total. The van der Waals surface area contributed by atoms with Crippen LogP contribution in [0.5, 0.6) is 0 Å². The number of nitrogen functional groups attached to an aromatic ring is 1. The van der Waals surface area contributed by atoms with E-state index in [9.17, 15) is 17.2 Å². The van der Waals surface area contributed by atoms with Crippen LogP contribution in [0.3, 0.4) is 0 Å². The number of benzene rings is 2. The van der Waals surface area contributed by atoms with Gasteiger partial charge in [-0.25, -0.2) is 17.2 Å². The van der Waals surface area contributed by atoms with E-state index < -0.39 is 28.8 Å². The highest BCUT2D eigenvalue weighted by Gasteiger charge is 2.38. The highest BCUT2D eigenvalue weighted by atomic mass is 32.2. The first-order chi connectivity index (χ1) is 13.7. The van der Waals surface area contributed by atoms with E-state index in [0.717, 1.165) is 31.9 Å². The first kappa shape index (κ1) is 19.8. The number of hydrogen-bond donors (Lipinski definition) is 2. The predicted molar refractivity (Wildman–Crippen MR) is 107 cm³/mol. The minimum atomic E-state index is -3.78. The van der Waals surface area contributed by atoms with Crippen molar-refractivity contribution in [2.75, 3.05) is 18.8 Å². The summed E-state index contributed by atoms with van der Waals surface area (Å²) < 4.78 is 53.5. The van der Waals surface area contributed by atoms with Gasteiger partial charge in [0.1, 0.15) is 0 Å². The summed E-state index contributed by atoms with van der Waals surface area (Å²) in [6.45, 7) is 1.52. The van der Waals surface area contributed by atoms with Gasteiger partial charge in [0.2, 0.25) is 10.0 Å². The summed E-state index contributed by atoms with van der Waals surface area (Å²) in [5, 5.41) is 7.69. The Morgan fingerprint density at radius 3 is 2.59 bits per heavy atom. The number of rotatable bonds is 4. The van der Waals surface area contributed by atoms with Crippen molar-refractivity contribution in [1.82, 2.24) is 14.5 Å². The molecule has 0 bridgehead atoms. The molecule has 0 amide bonds. The Kier molecular flexibility index (Phi) is 4.82. The molecule has 1 aromatic heterocycles. The second-order valence-electron chi connectivity index (χ2n) is 7.51. The van der Waals surface area contributed by atoms with E-state index in [1.807, 2.05) is 25.1 Å². The van der Waals surface area contributed by atoms with Crippen molar-refractivity contribution in [1.29, 1.82) is 0 Å². The summed E-state index contributed by atoms with van der Waals surface area (Å²) in [6, 6.07) is 10.8. The van der Waals surface area contributed by atoms with Gasteiger partial charge in [0, 0.05) is 31.3 Å². The van der Waals surface area contributed by atoms with Gasteiger partial charge < -0.3 is 5.73 Å².